The first-order valence-electron chi connectivity index (χ1n) is 15.6. The summed E-state index contributed by atoms with van der Waals surface area (Å²) in [5, 5.41) is 9.71. The zero-order chi connectivity index (χ0) is 33.0. The number of unbranched alkanes of at least 4 members (excludes halogenated alkanes) is 1. The Morgan fingerprint density at radius 1 is 1.13 bits per heavy atom. The fraction of sp³-hybridized carbons (Fsp3) is 0.515. The number of alkyl halides is 3. The number of ether oxygens (including phenoxy) is 2. The van der Waals surface area contributed by atoms with Gasteiger partial charge in [0.15, 0.2) is 5.82 Å². The standard InChI is InChI=1S/C33H41ClF3N5O3S/c1-4-46(25-10-8-24(9-11-25)44-19-6-5-7-23-21-31(2,3)38-22-23)41-30(43)26-12-13-27(39-29(26)34)42-18-14-28(40-42)45-20-17-32(15-16-32)33(35,36)37/h4,8-14,18,23,38H,5-7,15-17,19-22H2,1-3H3,(H,41,43). The first-order valence-corrected chi connectivity index (χ1v) is 17.3. The third-order valence-electron chi connectivity index (χ3n) is 8.62. The summed E-state index contributed by atoms with van der Waals surface area (Å²) in [7, 11) is -0.685. The van der Waals surface area contributed by atoms with Crippen molar-refractivity contribution in [3.05, 3.63) is 59.4 Å². The van der Waals surface area contributed by atoms with Crippen LogP contribution in [0.4, 0.5) is 13.2 Å². The number of nitrogens with zero attached hydrogens (tertiary/aromatic N) is 3. The Kier molecular flexibility index (Phi) is 10.7. The maximum atomic E-state index is 13.1. The molecule has 0 spiro atoms. The molecule has 0 bridgehead atoms. The topological polar surface area (TPSA) is 90.3 Å². The van der Waals surface area contributed by atoms with Gasteiger partial charge in [-0.2, -0.15) is 13.2 Å². The molecule has 2 aromatic heterocycles. The monoisotopic (exact) mass is 679 g/mol. The van der Waals surface area contributed by atoms with Crippen LogP contribution in [-0.2, 0) is 0 Å². The summed E-state index contributed by atoms with van der Waals surface area (Å²) in [5.74, 6) is 1.67. The molecule has 2 atom stereocenters. The Bertz CT molecular complexity index is 1540. The molecule has 3 aromatic rings. The molecule has 8 nitrogen and oxygen atoms in total. The van der Waals surface area contributed by atoms with E-state index >= 15 is 0 Å². The molecule has 1 aromatic carbocycles. The van der Waals surface area contributed by atoms with Crippen LogP contribution in [0.1, 0.15) is 76.1 Å². The van der Waals surface area contributed by atoms with Crippen LogP contribution in [-0.4, -0.2) is 57.5 Å². The minimum absolute atomic E-state index is 0.00914. The van der Waals surface area contributed by atoms with Crippen molar-refractivity contribution in [1.29, 1.82) is 0 Å². The Morgan fingerprint density at radius 2 is 1.89 bits per heavy atom. The number of amides is 1. The number of nitrogens with one attached hydrogen (secondary N) is 2. The number of pyridine rings is 1. The van der Waals surface area contributed by atoms with E-state index in [0.29, 0.717) is 12.4 Å². The molecular weight excluding hydrogens is 639 g/mol. The Hall–Kier alpha value is -3.09. The maximum Gasteiger partial charge on any atom is 0.394 e. The highest BCUT2D eigenvalue weighted by Crippen LogP contribution is 2.59. The van der Waals surface area contributed by atoms with Crippen molar-refractivity contribution in [1.82, 2.24) is 24.8 Å². The van der Waals surface area contributed by atoms with Crippen molar-refractivity contribution in [2.45, 2.75) is 82.3 Å². The summed E-state index contributed by atoms with van der Waals surface area (Å²) in [4.78, 5) is 18.4. The maximum absolute atomic E-state index is 13.1. The molecule has 3 heterocycles. The predicted octanol–water partition coefficient (Wildman–Crippen LogP) is 7.76. The van der Waals surface area contributed by atoms with Crippen LogP contribution in [0.25, 0.3) is 5.82 Å². The fourth-order valence-corrected chi connectivity index (χ4v) is 7.20. The van der Waals surface area contributed by atoms with Crippen molar-refractivity contribution in [2.24, 2.45) is 11.3 Å². The van der Waals surface area contributed by atoms with Gasteiger partial charge < -0.3 is 14.8 Å². The molecule has 1 saturated carbocycles. The number of aromatic nitrogens is 3. The molecule has 2 unspecified atom stereocenters. The zero-order valence-corrected chi connectivity index (χ0v) is 27.9. The molecule has 46 heavy (non-hydrogen) atoms. The number of carbonyl (C=O) groups excluding carboxylic acids is 1. The van der Waals surface area contributed by atoms with Gasteiger partial charge >= 0.3 is 6.18 Å². The lowest BCUT2D eigenvalue weighted by Crippen LogP contribution is -2.31. The largest absolute Gasteiger partial charge is 0.494 e. The highest BCUT2D eigenvalue weighted by Gasteiger charge is 2.62. The Morgan fingerprint density at radius 3 is 2.52 bits per heavy atom. The fourth-order valence-electron chi connectivity index (χ4n) is 5.72. The first kappa shape index (κ1) is 34.3. The van der Waals surface area contributed by atoms with Crippen LogP contribution in [0, 0.1) is 11.3 Å². The van der Waals surface area contributed by atoms with E-state index < -0.39 is 22.3 Å². The van der Waals surface area contributed by atoms with Gasteiger partial charge in [-0.05, 0) is 120 Å². The van der Waals surface area contributed by atoms with Gasteiger partial charge in [0.25, 0.3) is 5.91 Å². The van der Waals surface area contributed by atoms with Gasteiger partial charge in [0.2, 0.25) is 5.88 Å². The Labute approximate surface area is 275 Å². The molecule has 5 rings (SSSR count). The molecule has 1 saturated heterocycles. The number of hydrogen-bond acceptors (Lipinski definition) is 6. The minimum Gasteiger partial charge on any atom is -0.494 e. The predicted molar refractivity (Wildman–Crippen MR) is 175 cm³/mol. The SMILES string of the molecule is C/C=S(/NC(=O)c1ccc(-n2ccc(OCCC3(C(F)(F)F)CC3)n2)nc1Cl)c1ccc(OCCCCC2CNC(C)(C)C2)cc1. The van der Waals surface area contributed by atoms with Crippen LogP contribution in [0.2, 0.25) is 5.15 Å². The molecule has 2 N–H and O–H groups in total. The normalized spacial score (nSPS) is 19.2. The zero-order valence-electron chi connectivity index (χ0n) is 26.3. The lowest BCUT2D eigenvalue weighted by atomic mass is 9.93. The molecule has 1 aliphatic carbocycles. The summed E-state index contributed by atoms with van der Waals surface area (Å²) < 4.78 is 55.2. The van der Waals surface area contributed by atoms with E-state index in [9.17, 15) is 18.0 Å². The van der Waals surface area contributed by atoms with Gasteiger partial charge in [0.05, 0.1) is 24.2 Å². The van der Waals surface area contributed by atoms with Crippen LogP contribution in [0.5, 0.6) is 11.6 Å². The van der Waals surface area contributed by atoms with E-state index in [1.165, 1.54) is 23.6 Å². The number of hydrogen-bond donors (Lipinski definition) is 2. The van der Waals surface area contributed by atoms with Crippen LogP contribution in [0.15, 0.2) is 53.6 Å². The van der Waals surface area contributed by atoms with E-state index in [-0.39, 0.29) is 53.9 Å². The molecule has 13 heteroatoms. The van der Waals surface area contributed by atoms with Gasteiger partial charge in [-0.1, -0.05) is 22.3 Å². The molecule has 2 fully saturated rings. The first-order chi connectivity index (χ1) is 21.9. The summed E-state index contributed by atoms with van der Waals surface area (Å²) in [6, 6.07) is 12.4. The Balaban J connectivity index is 1.09. The van der Waals surface area contributed by atoms with Crippen LogP contribution < -0.4 is 19.5 Å². The number of carbonyl (C=O) groups is 1. The van der Waals surface area contributed by atoms with E-state index in [4.69, 9.17) is 21.1 Å². The van der Waals surface area contributed by atoms with Crippen molar-refractivity contribution in [3.63, 3.8) is 0 Å². The molecule has 1 aliphatic heterocycles. The molecule has 250 valence electrons. The van der Waals surface area contributed by atoms with Gasteiger partial charge in [-0.25, -0.2) is 9.67 Å². The van der Waals surface area contributed by atoms with E-state index in [2.05, 4.69) is 34.0 Å². The molecule has 0 radical (unpaired) electrons. The lowest BCUT2D eigenvalue weighted by molar-refractivity contribution is -0.190. The van der Waals surface area contributed by atoms with E-state index in [1.807, 2.05) is 36.6 Å². The molecule has 1 amide bonds. The summed E-state index contributed by atoms with van der Waals surface area (Å²) in [6.07, 6.45) is 2.10. The van der Waals surface area contributed by atoms with Crippen molar-refractivity contribution in [3.8, 4) is 17.4 Å². The lowest BCUT2D eigenvalue weighted by Gasteiger charge is -2.18. The molecular formula is C33H41ClF3N5O3S. The summed E-state index contributed by atoms with van der Waals surface area (Å²) in [6.45, 7) is 8.07. The van der Waals surface area contributed by atoms with Gasteiger partial charge in [-0.15, -0.1) is 5.10 Å². The van der Waals surface area contributed by atoms with Crippen LogP contribution in [0.3, 0.4) is 0 Å². The van der Waals surface area contributed by atoms with Crippen molar-refractivity contribution in [2.75, 3.05) is 19.8 Å². The average Bonchev–Trinajstić information content (AvgIpc) is 3.54. The number of benzene rings is 1. The van der Waals surface area contributed by atoms with Gasteiger partial charge in [-0.3, -0.25) is 9.52 Å². The smallest absolute Gasteiger partial charge is 0.394 e. The second-order valence-corrected chi connectivity index (χ2v) is 14.8. The number of halogens is 4. The molecule has 2 aliphatic rings. The summed E-state index contributed by atoms with van der Waals surface area (Å²) >= 11 is 6.40. The minimum atomic E-state index is -4.22. The summed E-state index contributed by atoms with van der Waals surface area (Å²) in [5.41, 5.74) is -1.17. The second kappa shape index (κ2) is 14.4. The average molecular weight is 680 g/mol. The van der Waals surface area contributed by atoms with Gasteiger partial charge in [0, 0.05) is 22.7 Å². The highest BCUT2D eigenvalue weighted by molar-refractivity contribution is 8.13. The van der Waals surface area contributed by atoms with Crippen LogP contribution >= 0.6 is 22.3 Å². The number of rotatable bonds is 14. The van der Waals surface area contributed by atoms with Gasteiger partial charge in [0.1, 0.15) is 10.9 Å². The van der Waals surface area contributed by atoms with Crippen molar-refractivity contribution >= 4 is 33.5 Å². The third kappa shape index (κ3) is 8.63. The third-order valence-corrected chi connectivity index (χ3v) is 10.6. The quantitative estimate of drug-likeness (QED) is 0.103. The van der Waals surface area contributed by atoms with E-state index in [0.717, 1.165) is 35.9 Å². The second-order valence-electron chi connectivity index (χ2n) is 12.6. The van der Waals surface area contributed by atoms with E-state index in [1.54, 1.807) is 18.3 Å². The van der Waals surface area contributed by atoms with Crippen molar-refractivity contribution < 1.29 is 27.4 Å². The highest BCUT2D eigenvalue weighted by atomic mass is 35.5.